The number of nitrogens with zero attached hydrogens (tertiary/aromatic N) is 5. The first-order valence-electron chi connectivity index (χ1n) is 13.9. The molecular formula is C32H32FN5O3. The second kappa shape index (κ2) is 10.1. The lowest BCUT2D eigenvalue weighted by Crippen LogP contribution is -2.54. The first-order chi connectivity index (χ1) is 19.7. The number of carbonyl (C=O) groups excluding carboxylic acids is 1. The summed E-state index contributed by atoms with van der Waals surface area (Å²) in [6, 6.07) is 10.7. The second-order valence-electron chi connectivity index (χ2n) is 11.0. The molecule has 2 aromatic carbocycles. The molecule has 1 atom stereocenters. The van der Waals surface area contributed by atoms with E-state index < -0.39 is 11.5 Å². The lowest BCUT2D eigenvalue weighted by atomic mass is 9.94. The minimum Gasteiger partial charge on any atom is -0.486 e. The predicted molar refractivity (Wildman–Crippen MR) is 157 cm³/mol. The first-order valence-corrected chi connectivity index (χ1v) is 13.9. The summed E-state index contributed by atoms with van der Waals surface area (Å²) in [4.78, 5) is 39.3. The average molecular weight is 554 g/mol. The van der Waals surface area contributed by atoms with E-state index in [0.29, 0.717) is 53.4 Å². The van der Waals surface area contributed by atoms with Crippen molar-refractivity contribution in [1.29, 1.82) is 0 Å². The van der Waals surface area contributed by atoms with Gasteiger partial charge in [-0.3, -0.25) is 14.3 Å². The van der Waals surface area contributed by atoms with Crippen LogP contribution in [0.1, 0.15) is 43.5 Å². The van der Waals surface area contributed by atoms with Gasteiger partial charge in [-0.1, -0.05) is 44.7 Å². The minimum atomic E-state index is -0.501. The van der Waals surface area contributed by atoms with Crippen LogP contribution in [-0.4, -0.2) is 51.0 Å². The number of pyridine rings is 1. The zero-order valence-corrected chi connectivity index (χ0v) is 23.6. The van der Waals surface area contributed by atoms with Crippen molar-refractivity contribution in [2.24, 2.45) is 0 Å². The quantitative estimate of drug-likeness (QED) is 0.326. The molecular weight excluding hydrogens is 521 g/mol. The molecule has 4 heterocycles. The number of hydrogen-bond donors (Lipinski definition) is 0. The number of aromatic nitrogens is 3. The van der Waals surface area contributed by atoms with Gasteiger partial charge in [-0.25, -0.2) is 9.18 Å². The third-order valence-electron chi connectivity index (χ3n) is 8.03. The summed E-state index contributed by atoms with van der Waals surface area (Å²) in [7, 11) is 0. The fourth-order valence-electron chi connectivity index (χ4n) is 6.05. The topological polar surface area (TPSA) is 80.6 Å². The van der Waals surface area contributed by atoms with Gasteiger partial charge in [-0.15, -0.1) is 0 Å². The molecule has 0 unspecified atom stereocenters. The molecule has 6 rings (SSSR count). The summed E-state index contributed by atoms with van der Waals surface area (Å²) in [5, 5.41) is 0.466. The molecule has 8 nitrogen and oxygen atoms in total. The standard InChI is InChI=1S/C32H32FN5O3/c1-6-25(39)36-13-14-37(20(5)16-36)31-23-15-24(33)26-22-10-8-7-9-21(22)17-41-30(26)29(23)38(32(40)35-31)28-19(4)11-12-34-27(28)18(2)3/h6-12,15,18,20H,1,13-14,16-17H2,2-5H3/t20-/m0/s1. The number of carbonyl (C=O) groups is 1. The molecule has 0 aliphatic carbocycles. The third kappa shape index (κ3) is 4.27. The molecule has 0 bridgehead atoms. The van der Waals surface area contributed by atoms with Gasteiger partial charge >= 0.3 is 5.69 Å². The molecule has 210 valence electrons. The summed E-state index contributed by atoms with van der Waals surface area (Å²) >= 11 is 0. The van der Waals surface area contributed by atoms with Crippen LogP contribution in [0.3, 0.4) is 0 Å². The zero-order valence-electron chi connectivity index (χ0n) is 23.6. The number of halogens is 1. The summed E-state index contributed by atoms with van der Waals surface area (Å²) in [6.45, 7) is 13.1. The minimum absolute atomic E-state index is 0.0138. The normalized spacial score (nSPS) is 16.4. The fraction of sp³-hybridized carbons (Fsp3) is 0.312. The number of benzene rings is 2. The van der Waals surface area contributed by atoms with Crippen molar-refractivity contribution in [3.63, 3.8) is 0 Å². The highest BCUT2D eigenvalue weighted by Gasteiger charge is 2.33. The van der Waals surface area contributed by atoms with Gasteiger partial charge in [0.25, 0.3) is 0 Å². The van der Waals surface area contributed by atoms with Gasteiger partial charge in [0.2, 0.25) is 5.91 Å². The molecule has 0 radical (unpaired) electrons. The number of fused-ring (bicyclic) bond motifs is 5. The van der Waals surface area contributed by atoms with Gasteiger partial charge in [0.1, 0.15) is 23.8 Å². The fourth-order valence-corrected chi connectivity index (χ4v) is 6.05. The molecule has 2 aliphatic rings. The van der Waals surface area contributed by atoms with Gasteiger partial charge in [0.15, 0.2) is 5.75 Å². The Kier molecular flexibility index (Phi) is 6.60. The lowest BCUT2D eigenvalue weighted by Gasteiger charge is -2.40. The molecule has 0 N–H and O–H groups in total. The maximum absolute atomic E-state index is 16.2. The molecule has 4 aromatic rings. The van der Waals surface area contributed by atoms with E-state index in [1.165, 1.54) is 12.1 Å². The number of ether oxygens (including phenoxy) is 1. The van der Waals surface area contributed by atoms with Crippen molar-refractivity contribution >= 4 is 22.6 Å². The largest absolute Gasteiger partial charge is 0.486 e. The number of anilines is 1. The van der Waals surface area contributed by atoms with E-state index in [1.54, 1.807) is 15.7 Å². The maximum Gasteiger partial charge on any atom is 0.354 e. The van der Waals surface area contributed by atoms with Crippen LogP contribution in [0.5, 0.6) is 5.75 Å². The average Bonchev–Trinajstić information content (AvgIpc) is 2.96. The highest BCUT2D eigenvalue weighted by Crippen LogP contribution is 2.46. The Labute approximate surface area is 237 Å². The molecule has 1 fully saturated rings. The van der Waals surface area contributed by atoms with Crippen molar-refractivity contribution in [1.82, 2.24) is 19.4 Å². The molecule has 9 heteroatoms. The molecule has 1 amide bonds. The zero-order chi connectivity index (χ0) is 29.0. The van der Waals surface area contributed by atoms with E-state index in [-0.39, 0.29) is 24.5 Å². The van der Waals surface area contributed by atoms with Crippen molar-refractivity contribution in [3.05, 3.63) is 88.4 Å². The number of rotatable bonds is 4. The van der Waals surface area contributed by atoms with E-state index >= 15 is 4.39 Å². The van der Waals surface area contributed by atoms with Crippen LogP contribution in [0.2, 0.25) is 0 Å². The number of aryl methyl sites for hydroxylation is 1. The van der Waals surface area contributed by atoms with E-state index in [2.05, 4.69) is 16.5 Å². The maximum atomic E-state index is 16.2. The molecule has 1 saturated heterocycles. The van der Waals surface area contributed by atoms with Crippen LogP contribution in [0.4, 0.5) is 10.2 Å². The smallest absolute Gasteiger partial charge is 0.354 e. The Bertz CT molecular complexity index is 1780. The SMILES string of the molecule is C=CC(=O)N1CCN(c2nc(=O)n(-c3c(C)ccnc3C(C)C)c3c4c(c(F)cc23)-c2ccccc2CO4)[C@@H](C)C1. The van der Waals surface area contributed by atoms with Gasteiger partial charge in [-0.2, -0.15) is 4.98 Å². The van der Waals surface area contributed by atoms with Crippen molar-refractivity contribution < 1.29 is 13.9 Å². The van der Waals surface area contributed by atoms with Gasteiger partial charge in [0, 0.05) is 37.3 Å². The van der Waals surface area contributed by atoms with Crippen LogP contribution < -0.4 is 15.3 Å². The Balaban J connectivity index is 1.68. The van der Waals surface area contributed by atoms with Crippen LogP contribution in [-0.2, 0) is 11.4 Å². The highest BCUT2D eigenvalue weighted by molar-refractivity contribution is 6.01. The van der Waals surface area contributed by atoms with Crippen LogP contribution in [0, 0.1) is 12.7 Å². The number of amides is 1. The molecule has 41 heavy (non-hydrogen) atoms. The van der Waals surface area contributed by atoms with Crippen LogP contribution >= 0.6 is 0 Å². The van der Waals surface area contributed by atoms with Crippen LogP contribution in [0.25, 0.3) is 27.7 Å². The highest BCUT2D eigenvalue weighted by atomic mass is 19.1. The van der Waals surface area contributed by atoms with Crippen LogP contribution in [0.15, 0.2) is 60.0 Å². The van der Waals surface area contributed by atoms with Crippen molar-refractivity contribution in [2.75, 3.05) is 24.5 Å². The molecule has 0 saturated carbocycles. The predicted octanol–water partition coefficient (Wildman–Crippen LogP) is 5.13. The third-order valence-corrected chi connectivity index (χ3v) is 8.03. The molecule has 2 aromatic heterocycles. The summed E-state index contributed by atoms with van der Waals surface area (Å²) in [5.41, 5.74) is 4.11. The monoisotopic (exact) mass is 553 g/mol. The molecule has 2 aliphatic heterocycles. The van der Waals surface area contributed by atoms with E-state index in [4.69, 9.17) is 4.74 Å². The number of hydrogen-bond acceptors (Lipinski definition) is 6. The van der Waals surface area contributed by atoms with Gasteiger partial charge in [0.05, 0.1) is 16.9 Å². The van der Waals surface area contributed by atoms with E-state index in [0.717, 1.165) is 22.4 Å². The second-order valence-corrected chi connectivity index (χ2v) is 11.0. The van der Waals surface area contributed by atoms with Gasteiger partial charge in [-0.05, 0) is 54.7 Å². The van der Waals surface area contributed by atoms with Gasteiger partial charge < -0.3 is 14.5 Å². The van der Waals surface area contributed by atoms with E-state index in [1.807, 2.05) is 62.9 Å². The Morgan fingerprint density at radius 3 is 2.73 bits per heavy atom. The molecule has 0 spiro atoms. The number of piperazine rings is 1. The van der Waals surface area contributed by atoms with Crippen molar-refractivity contribution in [2.45, 2.75) is 46.3 Å². The first kappa shape index (κ1) is 26.7. The van der Waals surface area contributed by atoms with Crippen molar-refractivity contribution in [3.8, 4) is 22.6 Å². The lowest BCUT2D eigenvalue weighted by molar-refractivity contribution is -0.126. The summed E-state index contributed by atoms with van der Waals surface area (Å²) in [6.07, 6.45) is 3.04. The Morgan fingerprint density at radius 1 is 1.22 bits per heavy atom. The van der Waals surface area contributed by atoms with E-state index in [9.17, 15) is 9.59 Å². The summed E-state index contributed by atoms with van der Waals surface area (Å²) in [5.74, 6) is 0.0972. The Hall–Kier alpha value is -4.53. The summed E-state index contributed by atoms with van der Waals surface area (Å²) < 4.78 is 24.0. The Morgan fingerprint density at radius 2 is 2.00 bits per heavy atom.